The van der Waals surface area contributed by atoms with E-state index in [9.17, 15) is 14.4 Å². The molecule has 0 N–H and O–H groups in total. The first-order valence-electron chi connectivity index (χ1n) is 6.70. The van der Waals surface area contributed by atoms with Crippen molar-refractivity contribution in [2.75, 3.05) is 0 Å². The summed E-state index contributed by atoms with van der Waals surface area (Å²) in [7, 11) is 0. The predicted molar refractivity (Wildman–Crippen MR) is 81.8 cm³/mol. The summed E-state index contributed by atoms with van der Waals surface area (Å²) in [5.74, 6) is -0.695. The van der Waals surface area contributed by atoms with Gasteiger partial charge in [-0.15, -0.1) is 0 Å². The molecule has 106 valence electrons. The summed E-state index contributed by atoms with van der Waals surface area (Å²) in [6, 6.07) is 12.0. The normalized spacial score (nSPS) is 13.5. The van der Waals surface area contributed by atoms with Gasteiger partial charge in [-0.05, 0) is 36.4 Å². The average molecular weight is 289 g/mol. The van der Waals surface area contributed by atoms with Crippen molar-refractivity contribution in [1.82, 2.24) is 4.98 Å². The first-order valence-corrected chi connectivity index (χ1v) is 6.70. The van der Waals surface area contributed by atoms with E-state index >= 15 is 0 Å². The Bertz CT molecular complexity index is 833. The van der Waals surface area contributed by atoms with E-state index in [4.69, 9.17) is 0 Å². The van der Waals surface area contributed by atoms with Crippen molar-refractivity contribution in [3.63, 3.8) is 0 Å². The summed E-state index contributed by atoms with van der Waals surface area (Å²) < 4.78 is 0. The fourth-order valence-corrected chi connectivity index (χ4v) is 2.13. The highest BCUT2D eigenvalue weighted by Gasteiger charge is 2.20. The van der Waals surface area contributed by atoms with E-state index < -0.39 is 0 Å². The molecule has 0 fully saturated rings. The zero-order chi connectivity index (χ0) is 15.5. The van der Waals surface area contributed by atoms with Crippen LogP contribution in [0.25, 0.3) is 6.08 Å². The third-order valence-electron chi connectivity index (χ3n) is 3.27. The van der Waals surface area contributed by atoms with Gasteiger partial charge in [0.2, 0.25) is 5.78 Å². The first kappa shape index (κ1) is 13.8. The molecule has 0 spiro atoms. The number of pyridine rings is 1. The molecule has 4 heteroatoms. The Morgan fingerprint density at radius 2 is 1.64 bits per heavy atom. The van der Waals surface area contributed by atoms with Gasteiger partial charge in [0.1, 0.15) is 5.69 Å². The summed E-state index contributed by atoms with van der Waals surface area (Å²) in [5, 5.41) is 0. The molecule has 3 rings (SSSR count). The van der Waals surface area contributed by atoms with Gasteiger partial charge in [0.25, 0.3) is 0 Å². The molecule has 0 radical (unpaired) electrons. The maximum Gasteiger partial charge on any atom is 0.205 e. The van der Waals surface area contributed by atoms with Crippen LogP contribution in [-0.2, 0) is 0 Å². The molecule has 0 amide bonds. The van der Waals surface area contributed by atoms with Gasteiger partial charge in [-0.25, -0.2) is 4.98 Å². The second-order valence-corrected chi connectivity index (χ2v) is 4.76. The highest BCUT2D eigenvalue weighted by atomic mass is 16.1. The monoisotopic (exact) mass is 289 g/mol. The minimum absolute atomic E-state index is 0.127. The molecule has 1 aromatic carbocycles. The summed E-state index contributed by atoms with van der Waals surface area (Å²) in [6.07, 6.45) is 5.38. The molecule has 22 heavy (non-hydrogen) atoms. The maximum absolute atomic E-state index is 12.0. The van der Waals surface area contributed by atoms with Crippen LogP contribution < -0.4 is 0 Å². The van der Waals surface area contributed by atoms with Crippen LogP contribution in [0.3, 0.4) is 0 Å². The van der Waals surface area contributed by atoms with Crippen molar-refractivity contribution in [3.05, 3.63) is 83.2 Å². The molecule has 2 aromatic rings. The lowest BCUT2D eigenvalue weighted by Crippen LogP contribution is -2.14. The van der Waals surface area contributed by atoms with Crippen molar-refractivity contribution in [3.8, 4) is 0 Å². The Morgan fingerprint density at radius 3 is 2.41 bits per heavy atom. The first-order chi connectivity index (χ1) is 10.6. The van der Waals surface area contributed by atoms with Crippen molar-refractivity contribution < 1.29 is 14.4 Å². The van der Waals surface area contributed by atoms with Crippen molar-refractivity contribution in [2.45, 2.75) is 0 Å². The molecule has 0 aliphatic heterocycles. The van der Waals surface area contributed by atoms with E-state index in [0.29, 0.717) is 16.8 Å². The minimum Gasteiger partial charge on any atom is -0.289 e. The Balaban J connectivity index is 1.87. The standard InChI is InChI=1S/C18H11NO3/c20-15(12-4-2-1-3-5-12)9-7-13-6-8-14-16(21)10-11-17(22)18(14)19-13/h1-11H/b9-7+. The third-order valence-corrected chi connectivity index (χ3v) is 3.27. The van der Waals surface area contributed by atoms with Crippen LogP contribution in [0.2, 0.25) is 0 Å². The Morgan fingerprint density at radius 1 is 0.909 bits per heavy atom. The number of hydrogen-bond donors (Lipinski definition) is 0. The van der Waals surface area contributed by atoms with Crippen molar-refractivity contribution >= 4 is 23.4 Å². The molecular weight excluding hydrogens is 278 g/mol. The van der Waals surface area contributed by atoms with Crippen LogP contribution in [0, 0.1) is 0 Å². The van der Waals surface area contributed by atoms with Gasteiger partial charge in [-0.1, -0.05) is 30.3 Å². The molecule has 4 nitrogen and oxygen atoms in total. The lowest BCUT2D eigenvalue weighted by molar-refractivity contribution is 0.0990. The van der Waals surface area contributed by atoms with Gasteiger partial charge in [0.15, 0.2) is 11.6 Å². The summed E-state index contributed by atoms with van der Waals surface area (Å²) >= 11 is 0. The number of rotatable bonds is 3. The van der Waals surface area contributed by atoms with Crippen LogP contribution in [0.4, 0.5) is 0 Å². The lowest BCUT2D eigenvalue weighted by atomic mass is 9.99. The predicted octanol–water partition coefficient (Wildman–Crippen LogP) is 2.91. The van der Waals surface area contributed by atoms with Gasteiger partial charge < -0.3 is 0 Å². The van der Waals surface area contributed by atoms with E-state index in [2.05, 4.69) is 4.98 Å². The number of nitrogens with zero attached hydrogens (tertiary/aromatic N) is 1. The van der Waals surface area contributed by atoms with E-state index in [1.807, 2.05) is 6.07 Å². The molecule has 1 aliphatic carbocycles. The Hall–Kier alpha value is -3.14. The largest absolute Gasteiger partial charge is 0.289 e. The molecule has 0 atom stereocenters. The van der Waals surface area contributed by atoms with Crippen LogP contribution in [-0.4, -0.2) is 22.3 Å². The van der Waals surface area contributed by atoms with Crippen LogP contribution in [0.15, 0.2) is 60.7 Å². The molecular formula is C18H11NO3. The van der Waals surface area contributed by atoms with Crippen LogP contribution >= 0.6 is 0 Å². The van der Waals surface area contributed by atoms with E-state index in [0.717, 1.165) is 0 Å². The number of aromatic nitrogens is 1. The quantitative estimate of drug-likeness (QED) is 0.643. The molecule has 1 aromatic heterocycles. The van der Waals surface area contributed by atoms with Gasteiger partial charge in [0, 0.05) is 5.56 Å². The average Bonchev–Trinajstić information content (AvgIpc) is 2.57. The molecule has 1 heterocycles. The molecule has 0 unspecified atom stereocenters. The topological polar surface area (TPSA) is 64.1 Å². The SMILES string of the molecule is O=C(/C=C/c1ccc2c(n1)C(=O)C=CC2=O)c1ccccc1. The number of hydrogen-bond acceptors (Lipinski definition) is 4. The van der Waals surface area contributed by atoms with Gasteiger partial charge in [-0.3, -0.25) is 14.4 Å². The molecule has 0 saturated heterocycles. The van der Waals surface area contributed by atoms with Crippen LogP contribution in [0.5, 0.6) is 0 Å². The zero-order valence-electron chi connectivity index (χ0n) is 11.5. The van der Waals surface area contributed by atoms with Crippen molar-refractivity contribution in [2.24, 2.45) is 0 Å². The smallest absolute Gasteiger partial charge is 0.205 e. The fourth-order valence-electron chi connectivity index (χ4n) is 2.13. The third kappa shape index (κ3) is 2.67. The second kappa shape index (κ2) is 5.69. The minimum atomic E-state index is -0.306. The fraction of sp³-hybridized carbons (Fsp3) is 0. The number of fused-ring (bicyclic) bond motifs is 1. The number of carbonyl (C=O) groups excluding carboxylic acids is 3. The summed E-state index contributed by atoms with van der Waals surface area (Å²) in [6.45, 7) is 0. The maximum atomic E-state index is 12.0. The van der Waals surface area contributed by atoms with E-state index in [1.54, 1.807) is 36.4 Å². The van der Waals surface area contributed by atoms with Gasteiger partial charge in [-0.2, -0.15) is 0 Å². The number of allylic oxidation sites excluding steroid dienone is 3. The van der Waals surface area contributed by atoms with Crippen molar-refractivity contribution in [1.29, 1.82) is 0 Å². The van der Waals surface area contributed by atoms with E-state index in [-0.39, 0.29) is 23.0 Å². The van der Waals surface area contributed by atoms with E-state index in [1.165, 1.54) is 24.3 Å². The highest BCUT2D eigenvalue weighted by molar-refractivity contribution is 6.21. The Labute approximate surface area is 126 Å². The van der Waals surface area contributed by atoms with Gasteiger partial charge in [0.05, 0.1) is 11.3 Å². The summed E-state index contributed by atoms with van der Waals surface area (Å²) in [4.78, 5) is 39.5. The van der Waals surface area contributed by atoms with Gasteiger partial charge >= 0.3 is 0 Å². The molecule has 0 saturated carbocycles. The second-order valence-electron chi connectivity index (χ2n) is 4.76. The zero-order valence-corrected chi connectivity index (χ0v) is 11.5. The summed E-state index contributed by atoms with van der Waals surface area (Å²) in [5.41, 5.74) is 1.45. The molecule has 1 aliphatic rings. The lowest BCUT2D eigenvalue weighted by Gasteiger charge is -2.08. The van der Waals surface area contributed by atoms with Crippen LogP contribution in [0.1, 0.15) is 36.9 Å². The Kier molecular flexibility index (Phi) is 3.58. The number of ketones is 3. The highest BCUT2D eigenvalue weighted by Crippen LogP contribution is 2.16. The number of benzene rings is 1. The molecule has 0 bridgehead atoms. The number of carbonyl (C=O) groups is 3.